The first-order valence-electron chi connectivity index (χ1n) is 6.50. The Morgan fingerprint density at radius 3 is 2.86 bits per heavy atom. The highest BCUT2D eigenvalue weighted by Gasteiger charge is 2.14. The summed E-state index contributed by atoms with van der Waals surface area (Å²) in [5, 5.41) is 13.1. The standard InChI is InChI=1S/C14H12FN5O2/c1-16-13(21)7-12-17-14(22-20-12)11-6-10(18-19-11)8-2-4-9(15)5-3-8/h2-6H,7H2,1H3,(H,16,21)(H,18,19). The van der Waals surface area contributed by atoms with Crippen LogP contribution in [0.15, 0.2) is 34.9 Å². The Bertz CT molecular complexity index is 794. The average Bonchev–Trinajstić information content (AvgIpc) is 3.17. The summed E-state index contributed by atoms with van der Waals surface area (Å²) in [6.45, 7) is 0. The monoisotopic (exact) mass is 301 g/mol. The molecule has 0 saturated carbocycles. The van der Waals surface area contributed by atoms with Crippen molar-refractivity contribution in [2.24, 2.45) is 0 Å². The van der Waals surface area contributed by atoms with E-state index in [0.29, 0.717) is 11.4 Å². The maximum Gasteiger partial charge on any atom is 0.275 e. The molecule has 0 saturated heterocycles. The smallest absolute Gasteiger partial charge is 0.275 e. The van der Waals surface area contributed by atoms with Gasteiger partial charge < -0.3 is 9.84 Å². The third-order valence-electron chi connectivity index (χ3n) is 3.01. The van der Waals surface area contributed by atoms with Crippen molar-refractivity contribution in [3.63, 3.8) is 0 Å². The molecule has 22 heavy (non-hydrogen) atoms. The summed E-state index contributed by atoms with van der Waals surface area (Å²) in [5.74, 6) is 0.00580. The van der Waals surface area contributed by atoms with Crippen LogP contribution in [0, 0.1) is 5.82 Å². The van der Waals surface area contributed by atoms with E-state index < -0.39 is 0 Å². The first kappa shape index (κ1) is 13.9. The molecule has 1 amide bonds. The Balaban J connectivity index is 1.81. The molecule has 8 heteroatoms. The van der Waals surface area contributed by atoms with Crippen molar-refractivity contribution >= 4 is 5.91 Å². The van der Waals surface area contributed by atoms with Gasteiger partial charge in [0, 0.05) is 12.6 Å². The van der Waals surface area contributed by atoms with Gasteiger partial charge in [0.25, 0.3) is 5.89 Å². The molecule has 2 heterocycles. The second kappa shape index (κ2) is 5.76. The Morgan fingerprint density at radius 2 is 2.14 bits per heavy atom. The molecule has 0 aliphatic heterocycles. The maximum atomic E-state index is 12.9. The lowest BCUT2D eigenvalue weighted by Gasteiger charge is -1.94. The molecule has 2 aromatic heterocycles. The summed E-state index contributed by atoms with van der Waals surface area (Å²) in [5.41, 5.74) is 1.91. The second-order valence-corrected chi connectivity index (χ2v) is 4.54. The van der Waals surface area contributed by atoms with Gasteiger partial charge in [-0.25, -0.2) is 4.39 Å². The van der Waals surface area contributed by atoms with Gasteiger partial charge in [0.05, 0.1) is 12.1 Å². The van der Waals surface area contributed by atoms with Crippen LogP contribution < -0.4 is 5.32 Å². The third kappa shape index (κ3) is 2.85. The normalized spacial score (nSPS) is 10.6. The molecule has 1 aromatic carbocycles. The zero-order valence-electron chi connectivity index (χ0n) is 11.6. The fourth-order valence-electron chi connectivity index (χ4n) is 1.87. The van der Waals surface area contributed by atoms with E-state index >= 15 is 0 Å². The molecule has 0 bridgehead atoms. The summed E-state index contributed by atoms with van der Waals surface area (Å²) < 4.78 is 18.0. The number of likely N-dealkylation sites (N-methyl/N-ethyl adjacent to an activating group) is 1. The van der Waals surface area contributed by atoms with Crippen molar-refractivity contribution in [2.75, 3.05) is 7.05 Å². The van der Waals surface area contributed by atoms with Gasteiger partial charge in [-0.3, -0.25) is 9.89 Å². The number of H-pyrrole nitrogens is 1. The zero-order valence-corrected chi connectivity index (χ0v) is 11.6. The topological polar surface area (TPSA) is 96.7 Å². The highest BCUT2D eigenvalue weighted by molar-refractivity contribution is 5.77. The van der Waals surface area contributed by atoms with Gasteiger partial charge in [-0.15, -0.1) is 0 Å². The molecule has 112 valence electrons. The number of carbonyl (C=O) groups is 1. The van der Waals surface area contributed by atoms with Crippen molar-refractivity contribution in [3.05, 3.63) is 42.0 Å². The van der Waals surface area contributed by atoms with Crippen LogP contribution in [-0.4, -0.2) is 33.3 Å². The lowest BCUT2D eigenvalue weighted by molar-refractivity contribution is -0.120. The van der Waals surface area contributed by atoms with Gasteiger partial charge in [-0.05, 0) is 30.3 Å². The first-order chi connectivity index (χ1) is 10.7. The Morgan fingerprint density at radius 1 is 1.36 bits per heavy atom. The quantitative estimate of drug-likeness (QED) is 0.762. The van der Waals surface area contributed by atoms with Crippen LogP contribution in [0.5, 0.6) is 0 Å². The molecule has 0 aliphatic rings. The highest BCUT2D eigenvalue weighted by atomic mass is 19.1. The number of hydrogen-bond donors (Lipinski definition) is 2. The summed E-state index contributed by atoms with van der Waals surface area (Å²) in [6, 6.07) is 7.68. The summed E-state index contributed by atoms with van der Waals surface area (Å²) in [6.07, 6.45) is 0.0406. The van der Waals surface area contributed by atoms with E-state index in [9.17, 15) is 9.18 Å². The minimum absolute atomic E-state index is 0.0406. The van der Waals surface area contributed by atoms with E-state index in [1.165, 1.54) is 19.2 Å². The van der Waals surface area contributed by atoms with E-state index in [4.69, 9.17) is 4.52 Å². The third-order valence-corrected chi connectivity index (χ3v) is 3.01. The van der Waals surface area contributed by atoms with E-state index in [2.05, 4.69) is 25.7 Å². The predicted molar refractivity (Wildman–Crippen MR) is 75.0 cm³/mol. The predicted octanol–water partition coefficient (Wildman–Crippen LogP) is 1.55. The largest absolute Gasteiger partial charge is 0.359 e. The summed E-state index contributed by atoms with van der Waals surface area (Å²) in [4.78, 5) is 15.4. The molecule has 7 nitrogen and oxygen atoms in total. The highest BCUT2D eigenvalue weighted by Crippen LogP contribution is 2.22. The number of aromatic amines is 1. The van der Waals surface area contributed by atoms with Crippen molar-refractivity contribution in [1.29, 1.82) is 0 Å². The summed E-state index contributed by atoms with van der Waals surface area (Å²) >= 11 is 0. The number of amides is 1. The summed E-state index contributed by atoms with van der Waals surface area (Å²) in [7, 11) is 1.53. The van der Waals surface area contributed by atoms with E-state index in [1.54, 1.807) is 18.2 Å². The number of benzene rings is 1. The van der Waals surface area contributed by atoms with Gasteiger partial charge in [-0.2, -0.15) is 10.1 Å². The molecule has 0 aliphatic carbocycles. The molecule has 0 unspecified atom stereocenters. The number of halogens is 1. The number of nitrogens with one attached hydrogen (secondary N) is 2. The number of carbonyl (C=O) groups excluding carboxylic acids is 1. The molecule has 0 spiro atoms. The fraction of sp³-hybridized carbons (Fsp3) is 0.143. The number of rotatable bonds is 4. The van der Waals surface area contributed by atoms with Gasteiger partial charge >= 0.3 is 0 Å². The van der Waals surface area contributed by atoms with Crippen LogP contribution in [0.2, 0.25) is 0 Å². The maximum absolute atomic E-state index is 12.9. The number of hydrogen-bond acceptors (Lipinski definition) is 5. The molecule has 3 aromatic rings. The Kier molecular flexibility index (Phi) is 3.65. The van der Waals surface area contributed by atoms with Crippen molar-refractivity contribution in [1.82, 2.24) is 25.7 Å². The van der Waals surface area contributed by atoms with Crippen molar-refractivity contribution in [3.8, 4) is 22.8 Å². The molecular formula is C14H12FN5O2. The molecule has 2 N–H and O–H groups in total. The van der Waals surface area contributed by atoms with Crippen LogP contribution in [0.3, 0.4) is 0 Å². The van der Waals surface area contributed by atoms with Crippen LogP contribution in [0.25, 0.3) is 22.8 Å². The SMILES string of the molecule is CNC(=O)Cc1noc(-c2cc(-c3ccc(F)cc3)n[nH]2)n1. The second-order valence-electron chi connectivity index (χ2n) is 4.54. The Hall–Kier alpha value is -3.03. The lowest BCUT2D eigenvalue weighted by Crippen LogP contribution is -2.20. The van der Waals surface area contributed by atoms with Gasteiger partial charge in [0.15, 0.2) is 5.82 Å². The van der Waals surface area contributed by atoms with Crippen LogP contribution >= 0.6 is 0 Å². The van der Waals surface area contributed by atoms with Gasteiger partial charge in [-0.1, -0.05) is 5.16 Å². The van der Waals surface area contributed by atoms with Crippen LogP contribution in [0.4, 0.5) is 4.39 Å². The van der Waals surface area contributed by atoms with Gasteiger partial charge in [0.1, 0.15) is 11.5 Å². The number of aromatic nitrogens is 4. The van der Waals surface area contributed by atoms with Gasteiger partial charge in [0.2, 0.25) is 5.91 Å². The fourth-order valence-corrected chi connectivity index (χ4v) is 1.87. The zero-order chi connectivity index (χ0) is 15.5. The molecule has 3 rings (SSSR count). The average molecular weight is 301 g/mol. The van der Waals surface area contributed by atoms with E-state index in [0.717, 1.165) is 5.56 Å². The van der Waals surface area contributed by atoms with Crippen LogP contribution in [0.1, 0.15) is 5.82 Å². The minimum Gasteiger partial charge on any atom is -0.359 e. The lowest BCUT2D eigenvalue weighted by atomic mass is 10.1. The molecule has 0 radical (unpaired) electrons. The Labute approximate surface area is 124 Å². The first-order valence-corrected chi connectivity index (χ1v) is 6.50. The van der Waals surface area contributed by atoms with Crippen molar-refractivity contribution in [2.45, 2.75) is 6.42 Å². The molecular weight excluding hydrogens is 289 g/mol. The minimum atomic E-state index is -0.310. The van der Waals surface area contributed by atoms with Crippen molar-refractivity contribution < 1.29 is 13.7 Å². The van der Waals surface area contributed by atoms with E-state index in [1.807, 2.05) is 0 Å². The number of nitrogens with zero attached hydrogens (tertiary/aromatic N) is 3. The molecule has 0 atom stereocenters. The van der Waals surface area contributed by atoms with Crippen LogP contribution in [-0.2, 0) is 11.2 Å². The van der Waals surface area contributed by atoms with E-state index in [-0.39, 0.29) is 29.9 Å². The molecule has 0 fully saturated rings.